The fourth-order valence-electron chi connectivity index (χ4n) is 0.409. The van der Waals surface area contributed by atoms with Gasteiger partial charge in [0.05, 0.1) is 0 Å². The Labute approximate surface area is 51.5 Å². The van der Waals surface area contributed by atoms with Gasteiger partial charge in [0.15, 0.2) is 0 Å². The summed E-state index contributed by atoms with van der Waals surface area (Å²) in [5, 5.41) is 0. The Balaban J connectivity index is 2.55. The average molecular weight is 211 g/mol. The molecule has 1 rings (SSSR count). The van der Waals surface area contributed by atoms with E-state index < -0.39 is 21.2 Å². The van der Waals surface area contributed by atoms with Crippen molar-refractivity contribution < 1.29 is 30.8 Å². The van der Waals surface area contributed by atoms with Gasteiger partial charge < -0.3 is 0 Å². The third kappa shape index (κ3) is 1.22. The first-order chi connectivity index (χ1) is 3.29. The molecule has 0 aliphatic carbocycles. The first kappa shape index (κ1) is 5.21. The Morgan fingerprint density at radius 3 is 1.71 bits per heavy atom. The molecule has 0 atom stereocenters. The molecule has 1 heterocycles. The van der Waals surface area contributed by atoms with Gasteiger partial charge in [0.2, 0.25) is 0 Å². The Hall–Kier alpha value is 0.0700. The van der Waals surface area contributed by atoms with Crippen molar-refractivity contribution in [3.8, 4) is 0 Å². The molecule has 1 saturated heterocycles. The molecule has 7 heavy (non-hydrogen) atoms. The number of carbonyl (C=O) groups excluding carboxylic acids is 2. The number of rotatable bonds is 0. The van der Waals surface area contributed by atoms with Crippen molar-refractivity contribution in [2.75, 3.05) is 0 Å². The van der Waals surface area contributed by atoms with Crippen molar-refractivity contribution in [1.29, 1.82) is 0 Å². The van der Waals surface area contributed by atoms with E-state index in [9.17, 15) is 9.59 Å². The van der Waals surface area contributed by atoms with Gasteiger partial charge in [0, 0.05) is 0 Å². The summed E-state index contributed by atoms with van der Waals surface area (Å²) < 4.78 is 0.424. The molecule has 0 amide bonds. The quantitative estimate of drug-likeness (QED) is 0.314. The van der Waals surface area contributed by atoms with E-state index in [1.165, 1.54) is 0 Å². The fraction of sp³-hybridized carbons (Fsp3) is 0.500. The molecule has 1 aliphatic heterocycles. The predicted octanol–water partition coefficient (Wildman–Crippen LogP) is -3.08. The van der Waals surface area contributed by atoms with E-state index in [-0.39, 0.29) is 7.58 Å². The van der Waals surface area contributed by atoms with E-state index in [0.717, 1.165) is 0 Å². The molecule has 0 radical (unpaired) electrons. The summed E-state index contributed by atoms with van der Waals surface area (Å²) >= 11 is -0.661. The summed E-state index contributed by atoms with van der Waals surface area (Å²) in [6, 6.07) is 0. The number of hydrogen-bond donors (Lipinski definition) is 0. The molecule has 0 aromatic rings. The maximum absolute atomic E-state index is 10.3. The summed E-state index contributed by atoms with van der Waals surface area (Å²) in [4.78, 5) is 20.6. The maximum atomic E-state index is 10.3. The van der Waals surface area contributed by atoms with Crippen molar-refractivity contribution >= 4 is 7.58 Å². The van der Waals surface area contributed by atoms with Crippen LogP contribution in [0.2, 0.25) is 0 Å². The summed E-state index contributed by atoms with van der Waals surface area (Å²) in [5.41, 5.74) is 0. The summed E-state index contributed by atoms with van der Waals surface area (Å²) in [7, 11) is 0. The molecule has 0 N–H and O–H groups in total. The minimum absolute atomic E-state index is 0.212. The molecule has 0 saturated carbocycles. The first-order valence-electron chi connectivity index (χ1n) is 1.99. The molecule has 40 valence electrons. The van der Waals surface area contributed by atoms with Gasteiger partial charge in [-0.15, -0.1) is 0 Å². The van der Waals surface area contributed by atoms with Crippen LogP contribution in [0.25, 0.3) is 0 Å². The Morgan fingerprint density at radius 2 is 1.57 bits per heavy atom. The second kappa shape index (κ2) is 1.90. The summed E-state index contributed by atoms with van der Waals surface area (Å²) in [6.45, 7) is 0. The molecule has 0 unspecified atom stereocenters. The zero-order valence-electron chi connectivity index (χ0n) is 3.61. The number of carbonyl (C=O) groups is 2. The van der Waals surface area contributed by atoms with Crippen LogP contribution in [0.1, 0.15) is 12.8 Å². The van der Waals surface area contributed by atoms with Crippen molar-refractivity contribution in [3.63, 3.8) is 0 Å². The molecular weight excluding hydrogens is 207 g/mol. The third-order valence-electron chi connectivity index (χ3n) is 0.729. The van der Waals surface area contributed by atoms with Gasteiger partial charge in [0.1, 0.15) is 0 Å². The summed E-state index contributed by atoms with van der Waals surface area (Å²) in [5.74, 6) is 0. The van der Waals surface area contributed by atoms with Gasteiger partial charge in [-0.25, -0.2) is 0 Å². The van der Waals surface area contributed by atoms with Crippen molar-refractivity contribution in [2.45, 2.75) is 12.8 Å². The van der Waals surface area contributed by atoms with E-state index in [0.29, 0.717) is 12.8 Å². The topological polar surface area (TPSA) is 34.1 Å². The molecule has 0 aromatic heterocycles. The van der Waals surface area contributed by atoms with Crippen LogP contribution >= 0.6 is 0 Å². The van der Waals surface area contributed by atoms with E-state index in [4.69, 9.17) is 0 Å². The molecule has 1 fully saturated rings. The normalized spacial score (nSPS) is 22.3. The molecule has 0 spiro atoms. The first-order valence-corrected chi connectivity index (χ1v) is 4.15. The second-order valence-corrected chi connectivity index (χ2v) is 4.25. The monoisotopic (exact) mass is 211 g/mol. The zero-order chi connectivity index (χ0) is 5.28. The van der Waals surface area contributed by atoms with Gasteiger partial charge in [-0.1, -0.05) is 0 Å². The van der Waals surface area contributed by atoms with Gasteiger partial charge in [0.25, 0.3) is 0 Å². The van der Waals surface area contributed by atoms with E-state index in [1.807, 2.05) is 0 Å². The van der Waals surface area contributed by atoms with Gasteiger partial charge in [-0.3, -0.25) is 0 Å². The van der Waals surface area contributed by atoms with Crippen LogP contribution in [0.3, 0.4) is 0 Å². The Morgan fingerprint density at radius 1 is 1.14 bits per heavy atom. The van der Waals surface area contributed by atoms with Crippen LogP contribution in [0.15, 0.2) is 0 Å². The second-order valence-electron chi connectivity index (χ2n) is 1.30. The minimum atomic E-state index is -0.661. The molecule has 3 heteroatoms. The predicted molar refractivity (Wildman–Crippen MR) is 19.2 cm³/mol. The molecule has 1 aliphatic rings. The van der Waals surface area contributed by atoms with Crippen LogP contribution in [-0.2, 0) is 9.59 Å². The average Bonchev–Trinajstić information content (AvgIpc) is 1.87. The Bertz CT molecular complexity index is 105. The van der Waals surface area contributed by atoms with E-state index >= 15 is 0 Å². The summed E-state index contributed by atoms with van der Waals surface area (Å²) in [6.07, 6.45) is 1.07. The van der Waals surface area contributed by atoms with Crippen LogP contribution in [-0.4, -0.2) is 7.58 Å². The van der Waals surface area contributed by atoms with Gasteiger partial charge in [-0.2, -0.15) is 0 Å². The molecule has 0 aromatic carbocycles. The van der Waals surface area contributed by atoms with Crippen molar-refractivity contribution in [3.05, 3.63) is 0 Å². The Kier molecular flexibility index (Phi) is 1.41. The van der Waals surface area contributed by atoms with Crippen LogP contribution in [0.4, 0.5) is 0 Å². The van der Waals surface area contributed by atoms with Crippen molar-refractivity contribution in [1.82, 2.24) is 0 Å². The van der Waals surface area contributed by atoms with Gasteiger partial charge in [-0.05, 0) is 0 Å². The van der Waals surface area contributed by atoms with E-state index in [2.05, 4.69) is 0 Å². The van der Waals surface area contributed by atoms with E-state index in [1.54, 1.807) is 0 Å². The van der Waals surface area contributed by atoms with Crippen LogP contribution < -0.4 is 21.2 Å². The number of hydrogen-bond acceptors (Lipinski definition) is 2. The zero-order valence-corrected chi connectivity index (χ0v) is 5.77. The standard InChI is InChI=1S/C4H4IO2/c6-3-1-2-4(7)5-3/h1-2H2/q-1. The molecule has 2 nitrogen and oxygen atoms in total. The third-order valence-corrected chi connectivity index (χ3v) is 3.01. The van der Waals surface area contributed by atoms with Crippen molar-refractivity contribution in [2.24, 2.45) is 0 Å². The van der Waals surface area contributed by atoms with Crippen LogP contribution in [0.5, 0.6) is 0 Å². The van der Waals surface area contributed by atoms with Crippen LogP contribution in [0, 0.1) is 0 Å². The van der Waals surface area contributed by atoms with Gasteiger partial charge >= 0.3 is 51.2 Å². The fourth-order valence-corrected chi connectivity index (χ4v) is 2.16. The SMILES string of the molecule is O=C1CCC(=O)[I-]1. The molecular formula is C4H4IO2-. The number of halogens is 1. The molecule has 0 bridgehead atoms.